The first-order chi connectivity index (χ1) is 11.3. The normalized spacial score (nSPS) is 14.6. The van der Waals surface area contributed by atoms with Crippen molar-refractivity contribution in [3.8, 4) is 0 Å². The summed E-state index contributed by atoms with van der Waals surface area (Å²) in [4.78, 5) is 18.3. The van der Waals surface area contributed by atoms with Gasteiger partial charge >= 0.3 is 0 Å². The molecule has 5 nitrogen and oxygen atoms in total. The number of carbonyl (C=O) groups is 1. The molecular weight excluding hydrogens is 290 g/mol. The van der Waals surface area contributed by atoms with Crippen LogP contribution in [0.25, 0.3) is 11.1 Å². The molecule has 0 aliphatic carbocycles. The number of aromatic nitrogens is 1. The van der Waals surface area contributed by atoms with Crippen LogP contribution in [-0.4, -0.2) is 17.4 Å². The number of benzene rings is 2. The molecule has 23 heavy (non-hydrogen) atoms. The zero-order valence-electron chi connectivity index (χ0n) is 12.7. The van der Waals surface area contributed by atoms with Crippen molar-refractivity contribution >= 4 is 28.4 Å². The van der Waals surface area contributed by atoms with Crippen molar-refractivity contribution in [3.63, 3.8) is 0 Å². The third-order valence-electron chi connectivity index (χ3n) is 4.04. The molecule has 0 radical (unpaired) electrons. The number of nitrogens with one attached hydrogen (secondary N) is 1. The van der Waals surface area contributed by atoms with Crippen molar-refractivity contribution in [2.45, 2.75) is 19.4 Å². The van der Waals surface area contributed by atoms with Gasteiger partial charge in [-0.25, -0.2) is 4.98 Å². The summed E-state index contributed by atoms with van der Waals surface area (Å²) in [7, 11) is 0. The summed E-state index contributed by atoms with van der Waals surface area (Å²) in [6.45, 7) is 1.26. The molecule has 1 amide bonds. The van der Waals surface area contributed by atoms with Crippen LogP contribution >= 0.6 is 0 Å². The second-order valence-electron chi connectivity index (χ2n) is 5.59. The summed E-state index contributed by atoms with van der Waals surface area (Å²) < 4.78 is 5.72. The molecule has 1 aliphatic heterocycles. The van der Waals surface area contributed by atoms with Crippen molar-refractivity contribution in [3.05, 3.63) is 54.4 Å². The van der Waals surface area contributed by atoms with E-state index >= 15 is 0 Å². The quantitative estimate of drug-likeness (QED) is 0.800. The summed E-state index contributed by atoms with van der Waals surface area (Å²) in [5.41, 5.74) is 3.48. The van der Waals surface area contributed by atoms with E-state index < -0.39 is 0 Å². The average molecular weight is 307 g/mol. The summed E-state index contributed by atoms with van der Waals surface area (Å²) >= 11 is 0. The summed E-state index contributed by atoms with van der Waals surface area (Å²) in [6, 6.07) is 15.6. The predicted octanol–water partition coefficient (Wildman–Crippen LogP) is 3.57. The third-order valence-corrected chi connectivity index (χ3v) is 4.04. The van der Waals surface area contributed by atoms with Gasteiger partial charge in [-0.05, 0) is 30.7 Å². The summed E-state index contributed by atoms with van der Waals surface area (Å²) in [5, 5.41) is 3.34. The van der Waals surface area contributed by atoms with Crippen LogP contribution in [0, 0.1) is 0 Å². The average Bonchev–Trinajstić information content (AvgIpc) is 3.18. The topological polar surface area (TPSA) is 58.4 Å². The molecule has 1 fully saturated rings. The minimum atomic E-state index is 0.182. The van der Waals surface area contributed by atoms with Crippen LogP contribution in [0.3, 0.4) is 0 Å². The lowest BCUT2D eigenvalue weighted by molar-refractivity contribution is -0.117. The van der Waals surface area contributed by atoms with Crippen molar-refractivity contribution in [1.82, 2.24) is 4.98 Å². The highest BCUT2D eigenvalue weighted by atomic mass is 16.3. The summed E-state index contributed by atoms with van der Waals surface area (Å²) in [5.74, 6) is 0.815. The molecule has 0 bridgehead atoms. The zero-order valence-corrected chi connectivity index (χ0v) is 12.7. The molecule has 4 rings (SSSR count). The van der Waals surface area contributed by atoms with Crippen LogP contribution in [0.5, 0.6) is 0 Å². The second kappa shape index (κ2) is 5.76. The Kier molecular flexibility index (Phi) is 3.46. The van der Waals surface area contributed by atoms with E-state index in [2.05, 4.69) is 10.3 Å². The van der Waals surface area contributed by atoms with E-state index in [1.165, 1.54) is 0 Å². The Morgan fingerprint density at radius 2 is 1.96 bits per heavy atom. The van der Waals surface area contributed by atoms with Crippen LogP contribution < -0.4 is 10.2 Å². The van der Waals surface area contributed by atoms with Crippen molar-refractivity contribution in [1.29, 1.82) is 0 Å². The van der Waals surface area contributed by atoms with Gasteiger partial charge in [-0.15, -0.1) is 0 Å². The minimum absolute atomic E-state index is 0.182. The standard InChI is InChI=1S/C18H17N3O2/c22-18-10-5-11-21(18)15-8-3-1-6-13(15)19-12-17-20-14-7-2-4-9-16(14)23-17/h1-4,6-9,19H,5,10-12H2. The number of anilines is 2. The molecule has 116 valence electrons. The molecule has 1 aliphatic rings. The first-order valence-electron chi connectivity index (χ1n) is 7.79. The van der Waals surface area contributed by atoms with Gasteiger partial charge in [-0.3, -0.25) is 4.79 Å². The largest absolute Gasteiger partial charge is 0.439 e. The fourth-order valence-electron chi connectivity index (χ4n) is 2.93. The molecule has 3 aromatic rings. The van der Waals surface area contributed by atoms with Gasteiger partial charge in [0, 0.05) is 13.0 Å². The van der Waals surface area contributed by atoms with Crippen LogP contribution in [0.2, 0.25) is 0 Å². The molecular formula is C18H17N3O2. The van der Waals surface area contributed by atoms with E-state index in [1.54, 1.807) is 0 Å². The van der Waals surface area contributed by atoms with Crippen molar-refractivity contribution < 1.29 is 9.21 Å². The molecule has 0 spiro atoms. The number of oxazole rings is 1. The number of hydrogen-bond acceptors (Lipinski definition) is 4. The maximum Gasteiger partial charge on any atom is 0.227 e. The second-order valence-corrected chi connectivity index (χ2v) is 5.59. The SMILES string of the molecule is O=C1CCCN1c1ccccc1NCc1nc2ccccc2o1. The van der Waals surface area contributed by atoms with Gasteiger partial charge in [0.1, 0.15) is 5.52 Å². The highest BCUT2D eigenvalue weighted by Gasteiger charge is 2.23. The molecule has 0 atom stereocenters. The third kappa shape index (κ3) is 2.65. The fourth-order valence-corrected chi connectivity index (χ4v) is 2.93. The van der Waals surface area contributed by atoms with Gasteiger partial charge < -0.3 is 14.6 Å². The van der Waals surface area contributed by atoms with Gasteiger partial charge in [0.15, 0.2) is 5.58 Å². The lowest BCUT2D eigenvalue weighted by Crippen LogP contribution is -2.24. The molecule has 5 heteroatoms. The predicted molar refractivity (Wildman–Crippen MR) is 89.4 cm³/mol. The number of amides is 1. The van der Waals surface area contributed by atoms with E-state index in [1.807, 2.05) is 53.4 Å². The molecule has 1 N–H and O–H groups in total. The lowest BCUT2D eigenvalue weighted by Gasteiger charge is -2.20. The molecule has 2 heterocycles. The Hall–Kier alpha value is -2.82. The van der Waals surface area contributed by atoms with E-state index in [-0.39, 0.29) is 5.91 Å². The van der Waals surface area contributed by atoms with E-state index in [0.717, 1.165) is 35.4 Å². The van der Waals surface area contributed by atoms with Crippen LogP contribution in [0.1, 0.15) is 18.7 Å². The minimum Gasteiger partial charge on any atom is -0.439 e. The Labute approximate surface area is 133 Å². The first kappa shape index (κ1) is 13.8. The fraction of sp³-hybridized carbons (Fsp3) is 0.222. The van der Waals surface area contributed by atoms with E-state index in [4.69, 9.17) is 4.42 Å². The lowest BCUT2D eigenvalue weighted by atomic mass is 10.2. The Morgan fingerprint density at radius 1 is 1.13 bits per heavy atom. The molecule has 0 unspecified atom stereocenters. The van der Waals surface area contributed by atoms with E-state index in [9.17, 15) is 4.79 Å². The molecule has 1 saturated heterocycles. The highest BCUT2D eigenvalue weighted by molar-refractivity contribution is 5.98. The van der Waals surface area contributed by atoms with Crippen LogP contribution in [0.4, 0.5) is 11.4 Å². The van der Waals surface area contributed by atoms with Gasteiger partial charge in [0.2, 0.25) is 11.8 Å². The highest BCUT2D eigenvalue weighted by Crippen LogP contribution is 2.29. The Balaban J connectivity index is 1.56. The number of para-hydroxylation sites is 4. The van der Waals surface area contributed by atoms with Gasteiger partial charge in [-0.2, -0.15) is 0 Å². The van der Waals surface area contributed by atoms with Gasteiger partial charge in [0.05, 0.1) is 17.9 Å². The number of hydrogen-bond donors (Lipinski definition) is 1. The van der Waals surface area contributed by atoms with Gasteiger partial charge in [-0.1, -0.05) is 24.3 Å². The first-order valence-corrected chi connectivity index (χ1v) is 7.79. The van der Waals surface area contributed by atoms with Crippen LogP contribution in [0.15, 0.2) is 52.9 Å². The zero-order chi connectivity index (χ0) is 15.6. The van der Waals surface area contributed by atoms with Crippen LogP contribution in [-0.2, 0) is 11.3 Å². The van der Waals surface area contributed by atoms with E-state index in [0.29, 0.717) is 18.9 Å². The molecule has 2 aromatic carbocycles. The molecule has 0 saturated carbocycles. The Morgan fingerprint density at radius 3 is 2.78 bits per heavy atom. The van der Waals surface area contributed by atoms with Gasteiger partial charge in [0.25, 0.3) is 0 Å². The summed E-state index contributed by atoms with van der Waals surface area (Å²) in [6.07, 6.45) is 1.54. The van der Waals surface area contributed by atoms with Crippen molar-refractivity contribution in [2.24, 2.45) is 0 Å². The number of carbonyl (C=O) groups excluding carboxylic acids is 1. The number of nitrogens with zero attached hydrogens (tertiary/aromatic N) is 2. The monoisotopic (exact) mass is 307 g/mol. The molecule has 1 aromatic heterocycles. The van der Waals surface area contributed by atoms with Crippen molar-refractivity contribution in [2.75, 3.05) is 16.8 Å². The Bertz CT molecular complexity index is 823. The maximum absolute atomic E-state index is 12.0. The smallest absolute Gasteiger partial charge is 0.227 e. The maximum atomic E-state index is 12.0. The number of fused-ring (bicyclic) bond motifs is 1. The number of rotatable bonds is 4.